The van der Waals surface area contributed by atoms with Gasteiger partial charge in [0.25, 0.3) is 0 Å². The second-order valence-corrected chi connectivity index (χ2v) is 5.66. The van der Waals surface area contributed by atoms with Gasteiger partial charge in [-0.1, -0.05) is 24.3 Å². The first-order valence-electron chi connectivity index (χ1n) is 6.45. The van der Waals surface area contributed by atoms with Crippen molar-refractivity contribution in [2.45, 2.75) is 10.8 Å². The fourth-order valence-corrected chi connectivity index (χ4v) is 2.87. The maximum absolute atomic E-state index is 12.9. The highest BCUT2D eigenvalue weighted by Crippen LogP contribution is 2.46. The maximum atomic E-state index is 12.9. The Balaban J connectivity index is 2.35. The van der Waals surface area contributed by atoms with E-state index >= 15 is 0 Å². The smallest absolute Gasteiger partial charge is 0.442 e. The molecule has 0 aromatic heterocycles. The minimum Gasteiger partial charge on any atom is -0.497 e. The third kappa shape index (κ3) is 4.34. The number of hydrogen-bond donors (Lipinski definition) is 0. The van der Waals surface area contributed by atoms with Gasteiger partial charge in [0.2, 0.25) is 0 Å². The van der Waals surface area contributed by atoms with E-state index in [0.717, 1.165) is 0 Å². The Morgan fingerprint density at radius 2 is 1.14 bits per heavy atom. The fourth-order valence-electron chi connectivity index (χ4n) is 2.02. The Kier molecular flexibility index (Phi) is 5.24. The number of rotatable bonds is 5. The van der Waals surface area contributed by atoms with E-state index in [4.69, 9.17) is 9.47 Å². The van der Waals surface area contributed by atoms with E-state index in [1.54, 1.807) is 48.5 Å². The number of hydrogen-bond acceptors (Lipinski definition) is 3. The van der Waals surface area contributed by atoms with Crippen LogP contribution in [0.25, 0.3) is 0 Å². The molecule has 2 aromatic carbocycles. The average molecular weight is 328 g/mol. The molecule has 0 aliphatic rings. The zero-order valence-electron chi connectivity index (χ0n) is 12.1. The first-order valence-corrected chi connectivity index (χ1v) is 7.33. The lowest BCUT2D eigenvalue weighted by Gasteiger charge is -2.19. The molecule has 0 aliphatic carbocycles. The molecule has 0 atom stereocenters. The second kappa shape index (κ2) is 6.96. The Hall–Kier alpha value is -1.82. The molecular weight excluding hydrogens is 313 g/mol. The van der Waals surface area contributed by atoms with E-state index in [0.29, 0.717) is 22.6 Å². The van der Waals surface area contributed by atoms with Gasteiger partial charge < -0.3 is 9.47 Å². The fraction of sp³-hybridized carbons (Fsp3) is 0.250. The molecule has 0 unspecified atom stereocenters. The molecule has 0 saturated carbocycles. The molecule has 0 radical (unpaired) electrons. The number of thioether (sulfide) groups is 1. The summed E-state index contributed by atoms with van der Waals surface area (Å²) in [6.07, 6.45) is 0. The summed E-state index contributed by atoms with van der Waals surface area (Å²) in [7, 11) is 3.03. The number of halogens is 3. The predicted octanol–water partition coefficient (Wildman–Crippen LogP) is 5.05. The highest BCUT2D eigenvalue weighted by atomic mass is 32.2. The molecule has 0 amide bonds. The van der Waals surface area contributed by atoms with Gasteiger partial charge in [-0.25, -0.2) is 0 Å². The molecule has 0 spiro atoms. The highest BCUT2D eigenvalue weighted by Gasteiger charge is 2.34. The summed E-state index contributed by atoms with van der Waals surface area (Å²) in [4.78, 5) is 0. The molecule has 0 aliphatic heterocycles. The van der Waals surface area contributed by atoms with Gasteiger partial charge in [0.15, 0.2) is 0 Å². The second-order valence-electron chi connectivity index (χ2n) is 4.49. The molecule has 6 heteroatoms. The van der Waals surface area contributed by atoms with Gasteiger partial charge in [-0.15, -0.1) is 0 Å². The van der Waals surface area contributed by atoms with Gasteiger partial charge in [-0.05, 0) is 47.2 Å². The molecule has 0 bridgehead atoms. The summed E-state index contributed by atoms with van der Waals surface area (Å²) < 4.78 is 48.7. The highest BCUT2D eigenvalue weighted by molar-refractivity contribution is 8.00. The summed E-state index contributed by atoms with van der Waals surface area (Å²) in [5.74, 6) is 1.21. The quantitative estimate of drug-likeness (QED) is 0.765. The standard InChI is InChI=1S/C16H15F3O2S/c1-20-13-7-3-11(4-8-13)15(22-16(17,18)19)12-5-9-14(21-2)10-6-12/h3-10,15H,1-2H3. The van der Waals surface area contributed by atoms with Crippen molar-refractivity contribution in [2.24, 2.45) is 0 Å². The lowest BCUT2D eigenvalue weighted by Crippen LogP contribution is -2.07. The monoisotopic (exact) mass is 328 g/mol. The SMILES string of the molecule is COc1ccc(C(SC(F)(F)F)c2ccc(OC)cc2)cc1. The van der Waals surface area contributed by atoms with Crippen LogP contribution in [0.1, 0.15) is 16.4 Å². The topological polar surface area (TPSA) is 18.5 Å². The molecule has 22 heavy (non-hydrogen) atoms. The number of benzene rings is 2. The Morgan fingerprint density at radius 3 is 1.41 bits per heavy atom. The minimum absolute atomic E-state index is 0.0467. The van der Waals surface area contributed by atoms with E-state index in [2.05, 4.69) is 0 Å². The molecular formula is C16H15F3O2S. The van der Waals surface area contributed by atoms with Gasteiger partial charge in [0, 0.05) is 0 Å². The molecule has 118 valence electrons. The third-order valence-electron chi connectivity index (χ3n) is 3.09. The van der Waals surface area contributed by atoms with Crippen LogP contribution in [0.3, 0.4) is 0 Å². The molecule has 0 N–H and O–H groups in total. The van der Waals surface area contributed by atoms with Crippen LogP contribution < -0.4 is 9.47 Å². The third-order valence-corrected chi connectivity index (χ3v) is 4.14. The lowest BCUT2D eigenvalue weighted by molar-refractivity contribution is -0.0332. The van der Waals surface area contributed by atoms with Gasteiger partial charge in [-0.3, -0.25) is 0 Å². The van der Waals surface area contributed by atoms with Gasteiger partial charge in [0.1, 0.15) is 11.5 Å². The Bertz CT molecular complexity index is 547. The van der Waals surface area contributed by atoms with E-state index in [-0.39, 0.29) is 11.8 Å². The lowest BCUT2D eigenvalue weighted by atomic mass is 10.0. The predicted molar refractivity (Wildman–Crippen MR) is 81.5 cm³/mol. The normalized spacial score (nSPS) is 11.5. The van der Waals surface area contributed by atoms with Crippen molar-refractivity contribution in [3.63, 3.8) is 0 Å². The summed E-state index contributed by atoms with van der Waals surface area (Å²) in [6, 6.07) is 13.2. The van der Waals surface area contributed by atoms with Crippen molar-refractivity contribution in [1.82, 2.24) is 0 Å². The van der Waals surface area contributed by atoms with Crippen LogP contribution in [0.4, 0.5) is 13.2 Å². The summed E-state index contributed by atoms with van der Waals surface area (Å²) in [5.41, 5.74) is -3.20. The van der Waals surface area contributed by atoms with Gasteiger partial charge in [-0.2, -0.15) is 13.2 Å². The largest absolute Gasteiger partial charge is 0.497 e. The summed E-state index contributed by atoms with van der Waals surface area (Å²) in [6.45, 7) is 0. The molecule has 0 saturated heterocycles. The van der Waals surface area contributed by atoms with Crippen LogP contribution in [-0.2, 0) is 0 Å². The van der Waals surface area contributed by atoms with Crippen LogP contribution in [-0.4, -0.2) is 19.7 Å². The van der Waals surface area contributed by atoms with Gasteiger partial charge >= 0.3 is 5.51 Å². The van der Waals surface area contributed by atoms with Crippen LogP contribution >= 0.6 is 11.8 Å². The van der Waals surface area contributed by atoms with E-state index in [1.165, 1.54) is 14.2 Å². The summed E-state index contributed by atoms with van der Waals surface area (Å²) >= 11 is -0.0467. The van der Waals surface area contributed by atoms with Crippen molar-refractivity contribution in [2.75, 3.05) is 14.2 Å². The van der Waals surface area contributed by atoms with Crippen LogP contribution in [0.2, 0.25) is 0 Å². The van der Waals surface area contributed by atoms with Crippen molar-refractivity contribution < 1.29 is 22.6 Å². The maximum Gasteiger partial charge on any atom is 0.442 e. The van der Waals surface area contributed by atoms with E-state index in [9.17, 15) is 13.2 Å². The van der Waals surface area contributed by atoms with E-state index in [1.807, 2.05) is 0 Å². The van der Waals surface area contributed by atoms with E-state index < -0.39 is 10.8 Å². The molecule has 2 aromatic rings. The van der Waals surface area contributed by atoms with Crippen molar-refractivity contribution in [3.05, 3.63) is 59.7 Å². The first kappa shape index (κ1) is 16.5. The zero-order valence-corrected chi connectivity index (χ0v) is 12.9. The first-order chi connectivity index (χ1) is 10.4. The zero-order chi connectivity index (χ0) is 16.2. The van der Waals surface area contributed by atoms with Crippen molar-refractivity contribution in [1.29, 1.82) is 0 Å². The Labute approximate surface area is 131 Å². The van der Waals surface area contributed by atoms with Gasteiger partial charge in [0.05, 0.1) is 19.5 Å². The van der Waals surface area contributed by atoms with Crippen LogP contribution in [0, 0.1) is 0 Å². The molecule has 0 fully saturated rings. The molecule has 2 nitrogen and oxygen atoms in total. The van der Waals surface area contributed by atoms with Crippen LogP contribution in [0.15, 0.2) is 48.5 Å². The van der Waals surface area contributed by atoms with Crippen molar-refractivity contribution >= 4 is 11.8 Å². The average Bonchev–Trinajstić information content (AvgIpc) is 2.52. The minimum atomic E-state index is -4.33. The van der Waals surface area contributed by atoms with Crippen LogP contribution in [0.5, 0.6) is 11.5 Å². The summed E-state index contributed by atoms with van der Waals surface area (Å²) in [5, 5.41) is -0.836. The van der Waals surface area contributed by atoms with Crippen molar-refractivity contribution in [3.8, 4) is 11.5 Å². The molecule has 0 heterocycles. The molecule has 2 rings (SSSR count). The Morgan fingerprint density at radius 1 is 0.773 bits per heavy atom. The number of methoxy groups -OCH3 is 2. The number of alkyl halides is 3. The number of ether oxygens (including phenoxy) is 2.